The van der Waals surface area contributed by atoms with Crippen LogP contribution in [0.3, 0.4) is 0 Å². The van der Waals surface area contributed by atoms with Gasteiger partial charge in [0.05, 0.1) is 0 Å². The van der Waals surface area contributed by atoms with Crippen LogP contribution < -0.4 is 11.1 Å². The summed E-state index contributed by atoms with van der Waals surface area (Å²) in [4.78, 5) is 10.4. The Kier molecular flexibility index (Phi) is 3.53. The fraction of sp³-hybridized carbons (Fsp3) is 0.889. The molecule has 1 unspecified atom stereocenters. The third kappa shape index (κ3) is 2.81. The van der Waals surface area contributed by atoms with Gasteiger partial charge in [-0.05, 0) is 25.7 Å². The Labute approximate surface area is 73.7 Å². The number of carbonyl (C=O) groups excluding carboxylic acids is 1. The third-order valence-electron chi connectivity index (χ3n) is 2.69. The van der Waals surface area contributed by atoms with Gasteiger partial charge < -0.3 is 11.1 Å². The van der Waals surface area contributed by atoms with Crippen molar-refractivity contribution >= 4 is 5.91 Å². The van der Waals surface area contributed by atoms with Crippen molar-refractivity contribution in [3.05, 3.63) is 0 Å². The molecule has 3 nitrogen and oxygen atoms in total. The van der Waals surface area contributed by atoms with E-state index in [1.165, 1.54) is 19.3 Å². The lowest BCUT2D eigenvalue weighted by Crippen LogP contribution is -2.38. The number of nitrogens with one attached hydrogen (secondary N) is 1. The number of carbonyl (C=O) groups is 1. The van der Waals surface area contributed by atoms with Gasteiger partial charge in [0.15, 0.2) is 0 Å². The fourth-order valence-electron chi connectivity index (χ4n) is 1.53. The van der Waals surface area contributed by atoms with Crippen molar-refractivity contribution in [3.8, 4) is 0 Å². The highest BCUT2D eigenvalue weighted by molar-refractivity contribution is 5.73. The van der Waals surface area contributed by atoms with Crippen LogP contribution in [0.4, 0.5) is 0 Å². The highest BCUT2D eigenvalue weighted by atomic mass is 16.1. The van der Waals surface area contributed by atoms with Gasteiger partial charge in [-0.2, -0.15) is 0 Å². The summed E-state index contributed by atoms with van der Waals surface area (Å²) in [5.74, 6) is 0.612. The van der Waals surface area contributed by atoms with Crippen molar-refractivity contribution in [2.45, 2.75) is 38.6 Å². The Hall–Kier alpha value is -0.570. The molecule has 1 fully saturated rings. The first kappa shape index (κ1) is 9.52. The summed E-state index contributed by atoms with van der Waals surface area (Å²) in [7, 11) is 0. The zero-order valence-corrected chi connectivity index (χ0v) is 7.68. The van der Waals surface area contributed by atoms with E-state index in [2.05, 4.69) is 12.2 Å². The van der Waals surface area contributed by atoms with Gasteiger partial charge in [-0.15, -0.1) is 0 Å². The van der Waals surface area contributed by atoms with Crippen molar-refractivity contribution < 1.29 is 4.79 Å². The van der Waals surface area contributed by atoms with E-state index in [1.54, 1.807) is 0 Å². The minimum absolute atomic E-state index is 0.219. The van der Waals surface area contributed by atoms with E-state index in [1.807, 2.05) is 0 Å². The number of rotatable bonds is 5. The molecule has 0 spiro atoms. The molecule has 12 heavy (non-hydrogen) atoms. The first-order valence-corrected chi connectivity index (χ1v) is 4.72. The van der Waals surface area contributed by atoms with E-state index in [9.17, 15) is 4.79 Å². The molecule has 0 saturated heterocycles. The van der Waals surface area contributed by atoms with Gasteiger partial charge in [0, 0.05) is 19.0 Å². The second kappa shape index (κ2) is 4.45. The summed E-state index contributed by atoms with van der Waals surface area (Å²) >= 11 is 0. The molecule has 0 heterocycles. The van der Waals surface area contributed by atoms with E-state index in [0.717, 1.165) is 12.5 Å². The topological polar surface area (TPSA) is 55.1 Å². The Morgan fingerprint density at radius 1 is 1.67 bits per heavy atom. The Morgan fingerprint density at radius 2 is 2.33 bits per heavy atom. The summed E-state index contributed by atoms with van der Waals surface area (Å²) < 4.78 is 0. The summed E-state index contributed by atoms with van der Waals surface area (Å²) in [6.45, 7) is 2.91. The van der Waals surface area contributed by atoms with E-state index in [0.29, 0.717) is 12.5 Å². The number of primary amides is 1. The minimum atomic E-state index is -0.219. The van der Waals surface area contributed by atoms with Crippen molar-refractivity contribution in [2.24, 2.45) is 11.7 Å². The number of amides is 1. The Bertz CT molecular complexity index is 155. The molecule has 1 saturated carbocycles. The fourth-order valence-corrected chi connectivity index (χ4v) is 1.53. The molecule has 0 aromatic rings. The Balaban J connectivity index is 2.01. The highest BCUT2D eigenvalue weighted by Crippen LogP contribution is 2.29. The molecule has 0 bridgehead atoms. The average molecular weight is 170 g/mol. The van der Waals surface area contributed by atoms with Gasteiger partial charge in [0.2, 0.25) is 5.91 Å². The first-order valence-electron chi connectivity index (χ1n) is 4.72. The summed E-state index contributed by atoms with van der Waals surface area (Å²) in [6.07, 6.45) is 4.50. The SMILES string of the molecule is CC(NCCC(N)=O)C1CCC1. The molecule has 0 aromatic heterocycles. The first-order chi connectivity index (χ1) is 5.70. The second-order valence-corrected chi connectivity index (χ2v) is 3.65. The number of nitrogens with two attached hydrogens (primary N) is 1. The number of hydrogen-bond acceptors (Lipinski definition) is 2. The molecule has 0 aliphatic heterocycles. The van der Waals surface area contributed by atoms with E-state index >= 15 is 0 Å². The van der Waals surface area contributed by atoms with Gasteiger partial charge in [-0.3, -0.25) is 4.79 Å². The molecular weight excluding hydrogens is 152 g/mol. The molecule has 1 aliphatic rings. The molecule has 1 atom stereocenters. The standard InChI is InChI=1S/C9H18N2O/c1-7(8-3-2-4-8)11-6-5-9(10)12/h7-8,11H,2-6H2,1H3,(H2,10,12). The maximum Gasteiger partial charge on any atom is 0.218 e. The van der Waals surface area contributed by atoms with Crippen molar-refractivity contribution in [1.82, 2.24) is 5.32 Å². The quantitative estimate of drug-likeness (QED) is 0.636. The number of hydrogen-bond donors (Lipinski definition) is 2. The van der Waals surface area contributed by atoms with Crippen molar-refractivity contribution in [2.75, 3.05) is 6.54 Å². The van der Waals surface area contributed by atoms with Crippen LogP contribution in [0.25, 0.3) is 0 Å². The van der Waals surface area contributed by atoms with E-state index < -0.39 is 0 Å². The van der Waals surface area contributed by atoms with Crippen LogP contribution in [-0.4, -0.2) is 18.5 Å². The molecule has 3 heteroatoms. The molecule has 1 aliphatic carbocycles. The molecule has 0 radical (unpaired) electrons. The molecule has 0 aromatic carbocycles. The smallest absolute Gasteiger partial charge is 0.218 e. The molecule has 3 N–H and O–H groups in total. The van der Waals surface area contributed by atoms with Crippen LogP contribution in [-0.2, 0) is 4.79 Å². The maximum atomic E-state index is 10.4. The van der Waals surface area contributed by atoms with Gasteiger partial charge in [-0.25, -0.2) is 0 Å². The zero-order chi connectivity index (χ0) is 8.97. The lowest BCUT2D eigenvalue weighted by Gasteiger charge is -2.31. The van der Waals surface area contributed by atoms with Gasteiger partial charge in [0.25, 0.3) is 0 Å². The summed E-state index contributed by atoms with van der Waals surface area (Å²) in [6, 6.07) is 0.554. The second-order valence-electron chi connectivity index (χ2n) is 3.65. The van der Waals surface area contributed by atoms with Crippen LogP contribution in [0.2, 0.25) is 0 Å². The lowest BCUT2D eigenvalue weighted by molar-refractivity contribution is -0.117. The lowest BCUT2D eigenvalue weighted by atomic mass is 9.80. The Morgan fingerprint density at radius 3 is 2.75 bits per heavy atom. The van der Waals surface area contributed by atoms with Crippen LogP contribution in [0.1, 0.15) is 32.6 Å². The van der Waals surface area contributed by atoms with Crippen LogP contribution in [0.15, 0.2) is 0 Å². The predicted octanol–water partition coefficient (Wildman–Crippen LogP) is 0.640. The highest BCUT2D eigenvalue weighted by Gasteiger charge is 2.22. The van der Waals surface area contributed by atoms with Crippen molar-refractivity contribution in [3.63, 3.8) is 0 Å². The van der Waals surface area contributed by atoms with E-state index in [-0.39, 0.29) is 5.91 Å². The summed E-state index contributed by atoms with van der Waals surface area (Å²) in [5, 5.41) is 3.32. The average Bonchev–Trinajstić information content (AvgIpc) is 1.81. The normalized spacial score (nSPS) is 20.1. The van der Waals surface area contributed by atoms with Crippen molar-refractivity contribution in [1.29, 1.82) is 0 Å². The largest absolute Gasteiger partial charge is 0.370 e. The minimum Gasteiger partial charge on any atom is -0.370 e. The maximum absolute atomic E-state index is 10.4. The predicted molar refractivity (Wildman–Crippen MR) is 48.6 cm³/mol. The van der Waals surface area contributed by atoms with E-state index in [4.69, 9.17) is 5.73 Å². The van der Waals surface area contributed by atoms with Crippen LogP contribution >= 0.6 is 0 Å². The molecule has 70 valence electrons. The monoisotopic (exact) mass is 170 g/mol. The molecular formula is C9H18N2O. The van der Waals surface area contributed by atoms with Crippen LogP contribution in [0, 0.1) is 5.92 Å². The van der Waals surface area contributed by atoms with Gasteiger partial charge >= 0.3 is 0 Å². The zero-order valence-electron chi connectivity index (χ0n) is 7.68. The van der Waals surface area contributed by atoms with Crippen LogP contribution in [0.5, 0.6) is 0 Å². The third-order valence-corrected chi connectivity index (χ3v) is 2.69. The van der Waals surface area contributed by atoms with Gasteiger partial charge in [-0.1, -0.05) is 6.42 Å². The molecule has 1 amide bonds. The molecule has 1 rings (SSSR count). The van der Waals surface area contributed by atoms with Gasteiger partial charge in [0.1, 0.15) is 0 Å². The summed E-state index contributed by atoms with van der Waals surface area (Å²) in [5.41, 5.74) is 5.02.